The molecule has 6 heteroatoms. The average molecular weight is 271 g/mol. The molecule has 19 heavy (non-hydrogen) atoms. The van der Waals surface area contributed by atoms with E-state index in [1.807, 2.05) is 37.5 Å². The van der Waals surface area contributed by atoms with Crippen LogP contribution in [-0.2, 0) is 5.75 Å². The number of imidazole rings is 1. The number of aromatic nitrogens is 4. The molecule has 0 saturated heterocycles. The lowest BCUT2D eigenvalue weighted by Gasteiger charge is -1.97. The maximum absolute atomic E-state index is 5.74. The summed E-state index contributed by atoms with van der Waals surface area (Å²) in [5.74, 6) is 1.60. The molecule has 96 valence electrons. The van der Waals surface area contributed by atoms with Gasteiger partial charge in [0.25, 0.3) is 0 Å². The van der Waals surface area contributed by atoms with Gasteiger partial charge >= 0.3 is 0 Å². The second-order valence-corrected chi connectivity index (χ2v) is 5.23. The molecule has 1 aromatic carbocycles. The van der Waals surface area contributed by atoms with Gasteiger partial charge in [-0.05, 0) is 30.7 Å². The molecular formula is C13H13N5S. The molecule has 2 aromatic heterocycles. The number of anilines is 1. The molecule has 0 unspecified atom stereocenters. The van der Waals surface area contributed by atoms with Gasteiger partial charge in [-0.3, -0.25) is 0 Å². The van der Waals surface area contributed by atoms with E-state index >= 15 is 0 Å². The van der Waals surface area contributed by atoms with Crippen LogP contribution >= 0.6 is 11.8 Å². The van der Waals surface area contributed by atoms with Gasteiger partial charge in [-0.15, -0.1) is 0 Å². The summed E-state index contributed by atoms with van der Waals surface area (Å²) in [4.78, 5) is 16.3. The van der Waals surface area contributed by atoms with Crippen molar-refractivity contribution in [2.45, 2.75) is 17.8 Å². The third-order valence-corrected chi connectivity index (χ3v) is 3.54. The predicted molar refractivity (Wildman–Crippen MR) is 76.8 cm³/mol. The van der Waals surface area contributed by atoms with E-state index in [0.29, 0.717) is 5.75 Å². The van der Waals surface area contributed by atoms with Crippen molar-refractivity contribution in [3.8, 4) is 0 Å². The molecule has 0 aliphatic heterocycles. The standard InChI is InChI=1S/C13H13N5S/c1-8-5-15-13(16-6-8)19-7-12-17-10-3-2-9(14)4-11(10)18-12/h2-6H,7,14H2,1H3,(H,17,18). The first-order valence-corrected chi connectivity index (χ1v) is 6.85. The fourth-order valence-corrected chi connectivity index (χ4v) is 2.39. The van der Waals surface area contributed by atoms with E-state index in [1.54, 1.807) is 11.8 Å². The van der Waals surface area contributed by atoms with Crippen LogP contribution in [0, 0.1) is 6.92 Å². The maximum atomic E-state index is 5.74. The van der Waals surface area contributed by atoms with E-state index in [9.17, 15) is 0 Å². The summed E-state index contributed by atoms with van der Waals surface area (Å²) >= 11 is 1.55. The van der Waals surface area contributed by atoms with Gasteiger partial charge < -0.3 is 10.7 Å². The molecule has 3 N–H and O–H groups in total. The number of thioether (sulfide) groups is 1. The minimum atomic E-state index is 0.706. The van der Waals surface area contributed by atoms with Crippen molar-refractivity contribution in [2.75, 3.05) is 5.73 Å². The molecule has 0 amide bonds. The molecule has 0 radical (unpaired) electrons. The Hall–Kier alpha value is -2.08. The van der Waals surface area contributed by atoms with Crippen LogP contribution in [0.1, 0.15) is 11.4 Å². The lowest BCUT2D eigenvalue weighted by molar-refractivity contribution is 0.947. The van der Waals surface area contributed by atoms with Crippen LogP contribution < -0.4 is 5.73 Å². The second-order valence-electron chi connectivity index (χ2n) is 4.29. The van der Waals surface area contributed by atoms with E-state index in [0.717, 1.165) is 33.3 Å². The van der Waals surface area contributed by atoms with Crippen molar-refractivity contribution in [3.63, 3.8) is 0 Å². The Morgan fingerprint density at radius 2 is 2.05 bits per heavy atom. The van der Waals surface area contributed by atoms with Crippen molar-refractivity contribution in [1.82, 2.24) is 19.9 Å². The molecule has 3 aromatic rings. The van der Waals surface area contributed by atoms with Crippen molar-refractivity contribution in [1.29, 1.82) is 0 Å². The number of nitrogen functional groups attached to an aromatic ring is 1. The summed E-state index contributed by atoms with van der Waals surface area (Å²) in [5, 5.41) is 0.755. The number of aryl methyl sites for hydroxylation is 1. The molecule has 0 fully saturated rings. The Bertz CT molecular complexity index is 705. The predicted octanol–water partition coefficient (Wildman–Crippen LogP) is 2.54. The summed E-state index contributed by atoms with van der Waals surface area (Å²) in [7, 11) is 0. The molecule has 0 saturated carbocycles. The number of benzene rings is 1. The van der Waals surface area contributed by atoms with E-state index in [-0.39, 0.29) is 0 Å². The van der Waals surface area contributed by atoms with Crippen LogP contribution in [0.5, 0.6) is 0 Å². The number of hydrogen-bond donors (Lipinski definition) is 2. The van der Waals surface area contributed by atoms with E-state index < -0.39 is 0 Å². The third-order valence-electron chi connectivity index (χ3n) is 2.65. The minimum absolute atomic E-state index is 0.706. The zero-order chi connectivity index (χ0) is 13.2. The van der Waals surface area contributed by atoms with Crippen molar-refractivity contribution >= 4 is 28.5 Å². The second kappa shape index (κ2) is 4.89. The Morgan fingerprint density at radius 3 is 2.84 bits per heavy atom. The lowest BCUT2D eigenvalue weighted by atomic mass is 10.3. The highest BCUT2D eigenvalue weighted by Crippen LogP contribution is 2.20. The van der Waals surface area contributed by atoms with Crippen LogP contribution in [0.2, 0.25) is 0 Å². The Balaban J connectivity index is 1.76. The van der Waals surface area contributed by atoms with E-state index in [2.05, 4.69) is 19.9 Å². The van der Waals surface area contributed by atoms with Gasteiger partial charge in [-0.2, -0.15) is 0 Å². The smallest absolute Gasteiger partial charge is 0.187 e. The van der Waals surface area contributed by atoms with Crippen LogP contribution in [-0.4, -0.2) is 19.9 Å². The van der Waals surface area contributed by atoms with Gasteiger partial charge in [-0.25, -0.2) is 15.0 Å². The summed E-state index contributed by atoms with van der Waals surface area (Å²) in [6.07, 6.45) is 3.63. The first-order chi connectivity index (χ1) is 9.20. The number of fused-ring (bicyclic) bond motifs is 1. The number of rotatable bonds is 3. The molecule has 0 spiro atoms. The summed E-state index contributed by atoms with van der Waals surface area (Å²) in [5.41, 5.74) is 9.42. The van der Waals surface area contributed by atoms with Crippen LogP contribution in [0.4, 0.5) is 5.69 Å². The zero-order valence-electron chi connectivity index (χ0n) is 10.4. The molecule has 5 nitrogen and oxygen atoms in total. The van der Waals surface area contributed by atoms with Crippen molar-refractivity contribution < 1.29 is 0 Å². The normalized spacial score (nSPS) is 11.0. The highest BCUT2D eigenvalue weighted by Gasteiger charge is 2.05. The monoisotopic (exact) mass is 271 g/mol. The first kappa shape index (κ1) is 12.0. The van der Waals surface area contributed by atoms with Gasteiger partial charge in [0.15, 0.2) is 5.16 Å². The summed E-state index contributed by atoms with van der Waals surface area (Å²) < 4.78 is 0. The summed E-state index contributed by atoms with van der Waals surface area (Å²) in [6.45, 7) is 1.97. The Morgan fingerprint density at radius 1 is 1.26 bits per heavy atom. The van der Waals surface area contributed by atoms with Gasteiger partial charge in [0.2, 0.25) is 0 Å². The quantitative estimate of drug-likeness (QED) is 0.434. The van der Waals surface area contributed by atoms with E-state index in [4.69, 9.17) is 5.73 Å². The van der Waals surface area contributed by atoms with Crippen molar-refractivity contribution in [3.05, 3.63) is 42.0 Å². The Labute approximate surface area is 114 Å². The maximum Gasteiger partial charge on any atom is 0.187 e. The van der Waals surface area contributed by atoms with Crippen molar-refractivity contribution in [2.24, 2.45) is 0 Å². The number of nitrogens with two attached hydrogens (primary N) is 1. The highest BCUT2D eigenvalue weighted by molar-refractivity contribution is 7.98. The number of hydrogen-bond acceptors (Lipinski definition) is 5. The summed E-state index contributed by atoms with van der Waals surface area (Å²) in [6, 6.07) is 5.65. The molecule has 2 heterocycles. The topological polar surface area (TPSA) is 80.5 Å². The van der Waals surface area contributed by atoms with Gasteiger partial charge in [0, 0.05) is 18.1 Å². The fourth-order valence-electron chi connectivity index (χ4n) is 1.74. The van der Waals surface area contributed by atoms with Crippen LogP contribution in [0.3, 0.4) is 0 Å². The van der Waals surface area contributed by atoms with Crippen LogP contribution in [0.15, 0.2) is 35.7 Å². The first-order valence-electron chi connectivity index (χ1n) is 5.86. The minimum Gasteiger partial charge on any atom is -0.399 e. The number of aromatic amines is 1. The number of nitrogens with one attached hydrogen (secondary N) is 1. The molecule has 0 aliphatic rings. The SMILES string of the molecule is Cc1cnc(SCc2nc3ccc(N)cc3[nH]2)nc1. The van der Waals surface area contributed by atoms with Gasteiger partial charge in [0.1, 0.15) is 5.82 Å². The number of H-pyrrole nitrogens is 1. The molecular weight excluding hydrogens is 258 g/mol. The Kier molecular flexibility index (Phi) is 3.08. The molecule has 0 aliphatic carbocycles. The molecule has 0 bridgehead atoms. The third kappa shape index (κ3) is 2.68. The van der Waals surface area contributed by atoms with Gasteiger partial charge in [0.05, 0.1) is 16.8 Å². The van der Waals surface area contributed by atoms with E-state index in [1.165, 1.54) is 0 Å². The zero-order valence-corrected chi connectivity index (χ0v) is 11.2. The largest absolute Gasteiger partial charge is 0.399 e. The average Bonchev–Trinajstić information content (AvgIpc) is 2.80. The molecule has 0 atom stereocenters. The number of nitrogens with zero attached hydrogens (tertiary/aromatic N) is 3. The molecule has 3 rings (SSSR count). The fraction of sp³-hybridized carbons (Fsp3) is 0.154. The lowest BCUT2D eigenvalue weighted by Crippen LogP contribution is -1.89. The van der Waals surface area contributed by atoms with Gasteiger partial charge in [-0.1, -0.05) is 11.8 Å². The highest BCUT2D eigenvalue weighted by atomic mass is 32.2. The van der Waals surface area contributed by atoms with Crippen LogP contribution in [0.25, 0.3) is 11.0 Å².